The number of aliphatic hydroxyl groups is 1. The highest BCUT2D eigenvalue weighted by Crippen LogP contribution is 2.30. The molecule has 0 bridgehead atoms. The molecule has 2 heterocycles. The van der Waals surface area contributed by atoms with Gasteiger partial charge < -0.3 is 19.5 Å². The van der Waals surface area contributed by atoms with Crippen LogP contribution in [0.2, 0.25) is 0 Å². The second kappa shape index (κ2) is 15.6. The van der Waals surface area contributed by atoms with E-state index >= 15 is 0 Å². The first kappa shape index (κ1) is 34.2. The van der Waals surface area contributed by atoms with Gasteiger partial charge in [0.15, 0.2) is 10.6 Å². The fraction of sp³-hybridized carbons (Fsp3) is 0.378. The maximum absolute atomic E-state index is 14.5. The molecule has 5 rings (SSSR count). The summed E-state index contributed by atoms with van der Waals surface area (Å²) >= 11 is -1.57. The van der Waals surface area contributed by atoms with Crippen molar-refractivity contribution in [2.75, 3.05) is 24.4 Å². The smallest absolute Gasteiger partial charge is 0.274 e. The normalized spacial score (nSPS) is 14.9. The minimum Gasteiger partial charge on any atom is -0.588 e. The Balaban J connectivity index is 1.54. The summed E-state index contributed by atoms with van der Waals surface area (Å²) in [5, 5.41) is 15.1. The molecule has 1 unspecified atom stereocenters. The summed E-state index contributed by atoms with van der Waals surface area (Å²) in [5.74, 6) is -0.407. The van der Waals surface area contributed by atoms with Crippen molar-refractivity contribution in [3.05, 3.63) is 106 Å². The second-order valence-electron chi connectivity index (χ2n) is 12.2. The van der Waals surface area contributed by atoms with Gasteiger partial charge in [-0.3, -0.25) is 9.59 Å². The molecule has 47 heavy (non-hydrogen) atoms. The Morgan fingerprint density at radius 2 is 1.66 bits per heavy atom. The third kappa shape index (κ3) is 7.72. The Kier molecular flexibility index (Phi) is 11.4. The number of nitrogens with zero attached hydrogens (tertiary/aromatic N) is 4. The van der Waals surface area contributed by atoms with Gasteiger partial charge in [0.25, 0.3) is 11.8 Å². The largest absolute Gasteiger partial charge is 0.588 e. The van der Waals surface area contributed by atoms with E-state index in [1.165, 1.54) is 0 Å². The van der Waals surface area contributed by atoms with Crippen LogP contribution in [0.1, 0.15) is 82.8 Å². The molecule has 2 amide bonds. The summed E-state index contributed by atoms with van der Waals surface area (Å²) in [6, 6.07) is 22.0. The van der Waals surface area contributed by atoms with E-state index < -0.39 is 17.4 Å². The molecule has 2 N–H and O–H groups in total. The van der Waals surface area contributed by atoms with Crippen LogP contribution in [-0.4, -0.2) is 66.8 Å². The number of aromatic nitrogens is 2. The number of carbonyl (C=O) groups excluding carboxylic acids is 2. The number of unbranched alkanes of at least 4 members (excludes halogenated alkanes) is 2. The van der Waals surface area contributed by atoms with Crippen LogP contribution in [0, 0.1) is 13.8 Å². The summed E-state index contributed by atoms with van der Waals surface area (Å²) in [6.07, 6.45) is 4.33. The van der Waals surface area contributed by atoms with E-state index in [9.17, 15) is 19.2 Å². The van der Waals surface area contributed by atoms with Crippen LogP contribution < -0.4 is 4.72 Å². The fourth-order valence-electron chi connectivity index (χ4n) is 6.02. The highest BCUT2D eigenvalue weighted by Gasteiger charge is 2.32. The number of fused-ring (bicyclic) bond motifs is 1. The zero-order valence-corrected chi connectivity index (χ0v) is 28.6. The van der Waals surface area contributed by atoms with Crippen LogP contribution in [0.25, 0.3) is 5.69 Å². The summed E-state index contributed by atoms with van der Waals surface area (Å²) in [4.78, 5) is 32.4. The molecule has 4 aromatic rings. The van der Waals surface area contributed by atoms with Gasteiger partial charge >= 0.3 is 0 Å². The molecule has 1 aliphatic rings. The maximum atomic E-state index is 14.5. The van der Waals surface area contributed by atoms with E-state index in [1.54, 1.807) is 33.8 Å². The highest BCUT2D eigenvalue weighted by atomic mass is 32.2. The number of rotatable bonds is 13. The lowest BCUT2D eigenvalue weighted by Crippen LogP contribution is -2.46. The van der Waals surface area contributed by atoms with E-state index in [4.69, 9.17) is 5.10 Å². The van der Waals surface area contributed by atoms with Gasteiger partial charge in [-0.05, 0) is 74.6 Å². The number of aliphatic hydroxyl groups excluding tert-OH is 1. The first-order chi connectivity index (χ1) is 22.7. The monoisotopic (exact) mass is 655 g/mol. The summed E-state index contributed by atoms with van der Waals surface area (Å²) in [7, 11) is 0. The molecule has 1 aromatic heterocycles. The topological polar surface area (TPSA) is 114 Å². The minimum absolute atomic E-state index is 0.124. The Morgan fingerprint density at radius 3 is 2.34 bits per heavy atom. The van der Waals surface area contributed by atoms with Crippen molar-refractivity contribution in [1.82, 2.24) is 19.6 Å². The van der Waals surface area contributed by atoms with Gasteiger partial charge in [-0.1, -0.05) is 69.2 Å². The number of benzene rings is 3. The van der Waals surface area contributed by atoms with E-state index in [-0.39, 0.29) is 18.4 Å². The number of hydrogen-bond acceptors (Lipinski definition) is 6. The fourth-order valence-corrected chi connectivity index (χ4v) is 7.04. The van der Waals surface area contributed by atoms with Gasteiger partial charge in [0.2, 0.25) is 0 Å². The van der Waals surface area contributed by atoms with Crippen LogP contribution in [0.5, 0.6) is 0 Å². The average molecular weight is 656 g/mol. The van der Waals surface area contributed by atoms with Crippen molar-refractivity contribution in [3.8, 4) is 5.69 Å². The molecule has 248 valence electrons. The predicted molar refractivity (Wildman–Crippen MR) is 186 cm³/mol. The third-order valence-electron chi connectivity index (χ3n) is 8.74. The third-order valence-corrected chi connectivity index (χ3v) is 10.0. The number of amides is 2. The average Bonchev–Trinajstić information content (AvgIpc) is 3.48. The molecule has 3 aromatic carbocycles. The molecule has 0 spiro atoms. The zero-order valence-electron chi connectivity index (χ0n) is 27.7. The van der Waals surface area contributed by atoms with Crippen molar-refractivity contribution in [1.29, 1.82) is 0 Å². The Hall–Kier alpha value is -4.12. The lowest BCUT2D eigenvalue weighted by Gasteiger charge is -2.36. The highest BCUT2D eigenvalue weighted by molar-refractivity contribution is 7.92. The standard InChI is InChI=1S/C37H45N5O4S/c1-5-7-19-40(20-8-6-2)37(45)33-21-27(4)42(38-33)34-18-17-30(39-47(46)35-16-12-9-13-26(35)3)23-32(34)36(44)41-24-29-15-11-10-14-28(29)22-31(41)25-43/h9-18,21,23,31,39,43H,5-8,19-20,22,24-25H2,1-4H3/t31-,47?/m0/s1. The van der Waals surface area contributed by atoms with E-state index in [2.05, 4.69) is 18.6 Å². The number of hydrogen-bond donors (Lipinski definition) is 2. The Labute approximate surface area is 280 Å². The Bertz CT molecular complexity index is 1700. The molecule has 2 atom stereocenters. The number of aryl methyl sites for hydroxylation is 2. The van der Waals surface area contributed by atoms with Crippen LogP contribution in [-0.2, 0) is 24.3 Å². The van der Waals surface area contributed by atoms with Crippen LogP contribution in [0.4, 0.5) is 5.69 Å². The molecule has 10 heteroatoms. The van der Waals surface area contributed by atoms with Crippen molar-refractivity contribution in [2.45, 2.75) is 77.3 Å². The van der Waals surface area contributed by atoms with Gasteiger partial charge in [-0.15, -0.1) is 0 Å². The maximum Gasteiger partial charge on any atom is 0.274 e. The quantitative estimate of drug-likeness (QED) is 0.165. The lowest BCUT2D eigenvalue weighted by molar-refractivity contribution is 0.0544. The molecule has 1 aliphatic heterocycles. The number of nitrogens with one attached hydrogen (secondary N) is 1. The predicted octanol–water partition coefficient (Wildman–Crippen LogP) is 6.23. The summed E-state index contributed by atoms with van der Waals surface area (Å²) in [5.41, 5.74) is 5.40. The molecular formula is C37H45N5O4S. The summed E-state index contributed by atoms with van der Waals surface area (Å²) < 4.78 is 18.1. The molecule has 0 aliphatic carbocycles. The van der Waals surface area contributed by atoms with Gasteiger partial charge in [0.05, 0.1) is 29.6 Å². The van der Waals surface area contributed by atoms with Gasteiger partial charge in [0, 0.05) is 30.9 Å². The van der Waals surface area contributed by atoms with Crippen LogP contribution in [0.3, 0.4) is 0 Å². The van der Waals surface area contributed by atoms with Crippen molar-refractivity contribution in [3.63, 3.8) is 0 Å². The molecule has 0 saturated heterocycles. The van der Waals surface area contributed by atoms with E-state index in [1.807, 2.05) is 67.3 Å². The molecule has 0 fully saturated rings. The Morgan fingerprint density at radius 1 is 0.979 bits per heavy atom. The van der Waals surface area contributed by atoms with E-state index in [0.29, 0.717) is 59.3 Å². The van der Waals surface area contributed by atoms with Gasteiger partial charge in [-0.25, -0.2) is 9.40 Å². The molecule has 9 nitrogen and oxygen atoms in total. The molecular weight excluding hydrogens is 611 g/mol. The zero-order chi connectivity index (χ0) is 33.5. The van der Waals surface area contributed by atoms with Crippen LogP contribution >= 0.6 is 0 Å². The first-order valence-corrected chi connectivity index (χ1v) is 17.6. The number of carbonyl (C=O) groups is 2. The van der Waals surface area contributed by atoms with E-state index in [0.717, 1.165) is 42.4 Å². The SMILES string of the molecule is CCCCN(CCCC)C(=O)c1cc(C)n(-c2ccc(N[S+]([O-])c3ccccc3C)cc2C(=O)N2Cc3ccccc3C[C@H]2CO)n1. The second-order valence-corrected chi connectivity index (χ2v) is 13.4. The summed E-state index contributed by atoms with van der Waals surface area (Å²) in [6.45, 7) is 9.49. The van der Waals surface area contributed by atoms with Gasteiger partial charge in [-0.2, -0.15) is 5.10 Å². The van der Waals surface area contributed by atoms with Crippen molar-refractivity contribution < 1.29 is 19.2 Å². The minimum atomic E-state index is -1.57. The molecule has 0 radical (unpaired) electrons. The van der Waals surface area contributed by atoms with Crippen molar-refractivity contribution >= 4 is 28.9 Å². The first-order valence-electron chi connectivity index (χ1n) is 16.5. The van der Waals surface area contributed by atoms with Gasteiger partial charge in [0.1, 0.15) is 11.4 Å². The van der Waals surface area contributed by atoms with Crippen LogP contribution in [0.15, 0.2) is 77.7 Å². The lowest BCUT2D eigenvalue weighted by atomic mass is 9.93. The number of anilines is 1. The van der Waals surface area contributed by atoms with Crippen molar-refractivity contribution in [2.24, 2.45) is 0 Å². The molecule has 0 saturated carbocycles.